The Kier molecular flexibility index (Phi) is 5.11. The second kappa shape index (κ2) is 7.04. The first kappa shape index (κ1) is 16.0. The van der Waals surface area contributed by atoms with Crippen LogP contribution in [0.4, 0.5) is 14.5 Å². The minimum absolute atomic E-state index is 0.0372. The Bertz CT molecular complexity index is 722. The van der Waals surface area contributed by atoms with Crippen LogP contribution in [0.2, 0.25) is 0 Å². The minimum Gasteiger partial charge on any atom is -0.369 e. The second-order valence-corrected chi connectivity index (χ2v) is 5.35. The second-order valence-electron chi connectivity index (χ2n) is 4.33. The van der Waals surface area contributed by atoms with E-state index in [1.165, 1.54) is 6.07 Å². The van der Waals surface area contributed by atoms with Crippen molar-refractivity contribution in [3.63, 3.8) is 0 Å². The van der Waals surface area contributed by atoms with E-state index in [9.17, 15) is 18.4 Å². The van der Waals surface area contributed by atoms with E-state index in [0.717, 1.165) is 23.9 Å². The molecule has 0 heterocycles. The van der Waals surface area contributed by atoms with Crippen molar-refractivity contribution >= 4 is 29.3 Å². The molecule has 7 heteroatoms. The average Bonchev–Trinajstić information content (AvgIpc) is 2.49. The third kappa shape index (κ3) is 4.05. The van der Waals surface area contributed by atoms with Crippen LogP contribution in [0, 0.1) is 11.6 Å². The molecule has 114 valence electrons. The molecule has 0 aliphatic carbocycles. The maximum atomic E-state index is 13.1. The highest BCUT2D eigenvalue weighted by Crippen LogP contribution is 2.23. The first-order valence-corrected chi connectivity index (χ1v) is 7.22. The number of amides is 2. The standard InChI is InChI=1S/C15H12F2N2O2S/c16-11-6-5-9(7-12(11)17)19-15(21)10-3-1-2-4-13(10)22-8-14(18)20/h1-7H,8H2,(H2,18,20)(H,19,21). The van der Waals surface area contributed by atoms with Crippen molar-refractivity contribution in [2.24, 2.45) is 5.73 Å². The number of carbonyl (C=O) groups excluding carboxylic acids is 2. The molecule has 0 fully saturated rings. The normalized spacial score (nSPS) is 10.3. The molecule has 0 unspecified atom stereocenters. The van der Waals surface area contributed by atoms with E-state index in [-0.39, 0.29) is 11.4 Å². The molecule has 0 aromatic heterocycles. The number of hydrogen-bond donors (Lipinski definition) is 2. The van der Waals surface area contributed by atoms with Crippen LogP contribution < -0.4 is 11.1 Å². The van der Waals surface area contributed by atoms with Crippen LogP contribution >= 0.6 is 11.8 Å². The topological polar surface area (TPSA) is 72.2 Å². The summed E-state index contributed by atoms with van der Waals surface area (Å²) >= 11 is 1.13. The Hall–Kier alpha value is -2.41. The number of rotatable bonds is 5. The maximum absolute atomic E-state index is 13.1. The first-order valence-electron chi connectivity index (χ1n) is 6.24. The number of hydrogen-bond acceptors (Lipinski definition) is 3. The number of thioether (sulfide) groups is 1. The monoisotopic (exact) mass is 322 g/mol. The Morgan fingerprint density at radius 2 is 1.82 bits per heavy atom. The van der Waals surface area contributed by atoms with Crippen LogP contribution in [-0.4, -0.2) is 17.6 Å². The lowest BCUT2D eigenvalue weighted by Crippen LogP contribution is -2.15. The van der Waals surface area contributed by atoms with Crippen molar-refractivity contribution in [2.45, 2.75) is 4.90 Å². The van der Waals surface area contributed by atoms with Gasteiger partial charge in [-0.2, -0.15) is 0 Å². The molecular weight excluding hydrogens is 310 g/mol. The van der Waals surface area contributed by atoms with Gasteiger partial charge in [0.25, 0.3) is 5.91 Å². The summed E-state index contributed by atoms with van der Waals surface area (Å²) in [5.74, 6) is -2.99. The summed E-state index contributed by atoms with van der Waals surface area (Å²) in [4.78, 5) is 23.6. The van der Waals surface area contributed by atoms with Gasteiger partial charge in [0.15, 0.2) is 11.6 Å². The molecule has 2 aromatic rings. The molecule has 2 rings (SSSR count). The Balaban J connectivity index is 2.18. The van der Waals surface area contributed by atoms with Gasteiger partial charge in [-0.05, 0) is 24.3 Å². The smallest absolute Gasteiger partial charge is 0.256 e. The number of primary amides is 1. The lowest BCUT2D eigenvalue weighted by molar-refractivity contribution is -0.115. The molecular formula is C15H12F2N2O2S. The maximum Gasteiger partial charge on any atom is 0.256 e. The molecule has 0 saturated carbocycles. The summed E-state index contributed by atoms with van der Waals surface area (Å²) in [5.41, 5.74) is 5.54. The summed E-state index contributed by atoms with van der Waals surface area (Å²) in [5, 5.41) is 2.48. The van der Waals surface area contributed by atoms with Gasteiger partial charge in [0, 0.05) is 16.6 Å². The third-order valence-electron chi connectivity index (χ3n) is 2.68. The first-order chi connectivity index (χ1) is 10.5. The lowest BCUT2D eigenvalue weighted by atomic mass is 10.2. The van der Waals surface area contributed by atoms with Gasteiger partial charge in [-0.25, -0.2) is 8.78 Å². The van der Waals surface area contributed by atoms with Crippen LogP contribution in [0.25, 0.3) is 0 Å². The largest absolute Gasteiger partial charge is 0.369 e. The quantitative estimate of drug-likeness (QED) is 0.832. The number of benzene rings is 2. The van der Waals surface area contributed by atoms with E-state index in [0.29, 0.717) is 10.5 Å². The molecule has 0 bridgehead atoms. The fourth-order valence-corrected chi connectivity index (χ4v) is 2.49. The summed E-state index contributed by atoms with van der Waals surface area (Å²) < 4.78 is 26.0. The van der Waals surface area contributed by atoms with Crippen LogP contribution in [0.3, 0.4) is 0 Å². The molecule has 2 aromatic carbocycles. The molecule has 0 aliphatic heterocycles. The van der Waals surface area contributed by atoms with E-state index >= 15 is 0 Å². The van der Waals surface area contributed by atoms with Crippen molar-refractivity contribution in [3.8, 4) is 0 Å². The molecule has 4 nitrogen and oxygen atoms in total. The SMILES string of the molecule is NC(=O)CSc1ccccc1C(=O)Nc1ccc(F)c(F)c1. The van der Waals surface area contributed by atoms with Gasteiger partial charge >= 0.3 is 0 Å². The number of carbonyl (C=O) groups is 2. The molecule has 0 saturated heterocycles. The molecule has 0 radical (unpaired) electrons. The summed E-state index contributed by atoms with van der Waals surface area (Å²) in [6, 6.07) is 9.71. The number of nitrogens with one attached hydrogen (secondary N) is 1. The van der Waals surface area contributed by atoms with Crippen molar-refractivity contribution in [1.29, 1.82) is 0 Å². The number of halogens is 2. The van der Waals surface area contributed by atoms with Crippen LogP contribution in [-0.2, 0) is 4.79 Å². The van der Waals surface area contributed by atoms with Gasteiger partial charge < -0.3 is 11.1 Å². The van der Waals surface area contributed by atoms with Gasteiger partial charge in [0.05, 0.1) is 11.3 Å². The zero-order valence-corrected chi connectivity index (χ0v) is 12.1. The van der Waals surface area contributed by atoms with E-state index < -0.39 is 23.4 Å². The van der Waals surface area contributed by atoms with E-state index in [4.69, 9.17) is 5.73 Å². The number of nitrogens with two attached hydrogens (primary N) is 1. The van der Waals surface area contributed by atoms with Crippen molar-refractivity contribution in [2.75, 3.05) is 11.1 Å². The molecule has 3 N–H and O–H groups in total. The Morgan fingerprint density at radius 3 is 2.50 bits per heavy atom. The predicted octanol–water partition coefficient (Wildman–Crippen LogP) is 2.79. The van der Waals surface area contributed by atoms with Gasteiger partial charge in [0.1, 0.15) is 0 Å². The fourth-order valence-electron chi connectivity index (χ4n) is 1.70. The van der Waals surface area contributed by atoms with Gasteiger partial charge in [-0.3, -0.25) is 9.59 Å². The van der Waals surface area contributed by atoms with Crippen LogP contribution in [0.1, 0.15) is 10.4 Å². The fraction of sp³-hybridized carbons (Fsp3) is 0.0667. The van der Waals surface area contributed by atoms with Crippen molar-refractivity contribution < 1.29 is 18.4 Å². The van der Waals surface area contributed by atoms with E-state index in [1.54, 1.807) is 24.3 Å². The third-order valence-corrected chi connectivity index (χ3v) is 3.77. The molecule has 22 heavy (non-hydrogen) atoms. The highest BCUT2D eigenvalue weighted by Gasteiger charge is 2.13. The molecule has 2 amide bonds. The minimum atomic E-state index is -1.05. The summed E-state index contributed by atoms with van der Waals surface area (Å²) in [7, 11) is 0. The van der Waals surface area contributed by atoms with Gasteiger partial charge in [-0.15, -0.1) is 11.8 Å². The van der Waals surface area contributed by atoms with Gasteiger partial charge in [0.2, 0.25) is 5.91 Å². The van der Waals surface area contributed by atoms with Crippen LogP contribution in [0.5, 0.6) is 0 Å². The van der Waals surface area contributed by atoms with Crippen LogP contribution in [0.15, 0.2) is 47.4 Å². The number of anilines is 1. The predicted molar refractivity (Wildman–Crippen MR) is 80.7 cm³/mol. The van der Waals surface area contributed by atoms with Gasteiger partial charge in [-0.1, -0.05) is 12.1 Å². The Labute approximate surface area is 129 Å². The molecule has 0 spiro atoms. The summed E-state index contributed by atoms with van der Waals surface area (Å²) in [6.07, 6.45) is 0. The van der Waals surface area contributed by atoms with E-state index in [2.05, 4.69) is 5.32 Å². The van der Waals surface area contributed by atoms with Crippen molar-refractivity contribution in [3.05, 3.63) is 59.7 Å². The van der Waals surface area contributed by atoms with E-state index in [1.807, 2.05) is 0 Å². The molecule has 0 aliphatic rings. The zero-order chi connectivity index (χ0) is 16.1. The zero-order valence-electron chi connectivity index (χ0n) is 11.3. The molecule has 0 atom stereocenters. The highest BCUT2D eigenvalue weighted by atomic mass is 32.2. The highest BCUT2D eigenvalue weighted by molar-refractivity contribution is 8.00. The lowest BCUT2D eigenvalue weighted by Gasteiger charge is -2.09. The average molecular weight is 322 g/mol. The van der Waals surface area contributed by atoms with Crippen molar-refractivity contribution in [1.82, 2.24) is 0 Å². The Morgan fingerprint density at radius 1 is 1.09 bits per heavy atom. The summed E-state index contributed by atoms with van der Waals surface area (Å²) in [6.45, 7) is 0.